The van der Waals surface area contributed by atoms with E-state index in [1.54, 1.807) is 12.1 Å². The van der Waals surface area contributed by atoms with Gasteiger partial charge in [0.25, 0.3) is 0 Å². The molecule has 1 heterocycles. The van der Waals surface area contributed by atoms with E-state index in [0.29, 0.717) is 17.2 Å². The van der Waals surface area contributed by atoms with Gasteiger partial charge in [-0.25, -0.2) is 4.39 Å². The standard InChI is InChI=1S/C18H22FNOS/c1-2-5-14-17(21-11-12-6-3-4-7-12)15-10-13(19)8-9-16(15)20-18(14)22/h8-10,12H,2-7,11H2,1H3,(H,20,22). The summed E-state index contributed by atoms with van der Waals surface area (Å²) in [5.41, 5.74) is 1.85. The highest BCUT2D eigenvalue weighted by molar-refractivity contribution is 7.71. The molecule has 0 atom stereocenters. The van der Waals surface area contributed by atoms with Crippen LogP contribution in [0, 0.1) is 16.4 Å². The number of aromatic amines is 1. The van der Waals surface area contributed by atoms with Gasteiger partial charge in [-0.1, -0.05) is 38.4 Å². The molecule has 2 nitrogen and oxygen atoms in total. The number of aromatic nitrogens is 1. The monoisotopic (exact) mass is 319 g/mol. The molecule has 0 amide bonds. The normalized spacial score (nSPS) is 15.5. The van der Waals surface area contributed by atoms with Crippen molar-refractivity contribution in [3.05, 3.63) is 34.2 Å². The lowest BCUT2D eigenvalue weighted by Crippen LogP contribution is -2.10. The molecule has 0 unspecified atom stereocenters. The second-order valence-corrected chi connectivity index (χ2v) is 6.57. The van der Waals surface area contributed by atoms with E-state index in [1.165, 1.54) is 31.7 Å². The molecule has 0 aliphatic heterocycles. The summed E-state index contributed by atoms with van der Waals surface area (Å²) in [6.07, 6.45) is 6.88. The van der Waals surface area contributed by atoms with Crippen LogP contribution in [0.2, 0.25) is 0 Å². The fourth-order valence-corrected chi connectivity index (χ4v) is 3.60. The predicted octanol–water partition coefficient (Wildman–Crippen LogP) is 5.56. The van der Waals surface area contributed by atoms with Gasteiger partial charge >= 0.3 is 0 Å². The summed E-state index contributed by atoms with van der Waals surface area (Å²) in [4.78, 5) is 3.21. The van der Waals surface area contributed by atoms with Crippen molar-refractivity contribution in [2.75, 3.05) is 6.61 Å². The van der Waals surface area contributed by atoms with Crippen molar-refractivity contribution in [1.82, 2.24) is 4.98 Å². The molecule has 1 N–H and O–H groups in total. The van der Waals surface area contributed by atoms with Gasteiger partial charge in [-0.15, -0.1) is 0 Å². The van der Waals surface area contributed by atoms with Gasteiger partial charge in [0.1, 0.15) is 16.2 Å². The Morgan fingerprint density at radius 3 is 2.82 bits per heavy atom. The maximum Gasteiger partial charge on any atom is 0.134 e. The van der Waals surface area contributed by atoms with Crippen LogP contribution in [0.1, 0.15) is 44.6 Å². The first-order chi connectivity index (χ1) is 10.7. The molecule has 0 saturated heterocycles. The fraction of sp³-hybridized carbons (Fsp3) is 0.500. The van der Waals surface area contributed by atoms with E-state index in [2.05, 4.69) is 11.9 Å². The number of nitrogens with one attached hydrogen (secondary N) is 1. The van der Waals surface area contributed by atoms with Gasteiger partial charge in [0.05, 0.1) is 12.1 Å². The molecule has 1 fully saturated rings. The molecule has 22 heavy (non-hydrogen) atoms. The quantitative estimate of drug-likeness (QED) is 0.730. The Bertz CT molecular complexity index is 719. The zero-order valence-electron chi connectivity index (χ0n) is 13.0. The maximum absolute atomic E-state index is 13.7. The topological polar surface area (TPSA) is 25.0 Å². The number of hydrogen-bond donors (Lipinski definition) is 1. The number of pyridine rings is 1. The van der Waals surface area contributed by atoms with Crippen molar-refractivity contribution < 1.29 is 9.13 Å². The molecule has 118 valence electrons. The molecular weight excluding hydrogens is 297 g/mol. The Kier molecular flexibility index (Phi) is 4.77. The van der Waals surface area contributed by atoms with E-state index < -0.39 is 0 Å². The number of fused-ring (bicyclic) bond motifs is 1. The number of rotatable bonds is 5. The van der Waals surface area contributed by atoms with Gasteiger partial charge in [0.15, 0.2) is 0 Å². The summed E-state index contributed by atoms with van der Waals surface area (Å²) in [5.74, 6) is 1.16. The molecule has 1 aromatic carbocycles. The summed E-state index contributed by atoms with van der Waals surface area (Å²) >= 11 is 5.48. The van der Waals surface area contributed by atoms with Gasteiger partial charge in [-0.3, -0.25) is 0 Å². The third-order valence-corrected chi connectivity index (χ3v) is 4.81. The summed E-state index contributed by atoms with van der Waals surface area (Å²) in [6, 6.07) is 4.73. The van der Waals surface area contributed by atoms with Gasteiger partial charge < -0.3 is 9.72 Å². The van der Waals surface area contributed by atoms with Crippen molar-refractivity contribution >= 4 is 23.1 Å². The number of ether oxygens (including phenoxy) is 1. The zero-order chi connectivity index (χ0) is 15.5. The lowest BCUT2D eigenvalue weighted by molar-refractivity contribution is 0.252. The second kappa shape index (κ2) is 6.78. The molecule has 1 saturated carbocycles. The van der Waals surface area contributed by atoms with Crippen molar-refractivity contribution in [3.8, 4) is 5.75 Å². The fourth-order valence-electron chi connectivity index (χ4n) is 3.30. The molecule has 2 aromatic rings. The largest absolute Gasteiger partial charge is 0.492 e. The summed E-state index contributed by atoms with van der Waals surface area (Å²) in [7, 11) is 0. The van der Waals surface area contributed by atoms with Crippen molar-refractivity contribution in [1.29, 1.82) is 0 Å². The SMILES string of the molecule is CCCc1c(OCC2CCCC2)c2cc(F)ccc2[nH]c1=S. The van der Waals surface area contributed by atoms with Crippen LogP contribution in [-0.2, 0) is 6.42 Å². The number of halogens is 1. The molecule has 0 radical (unpaired) electrons. The van der Waals surface area contributed by atoms with Crippen LogP contribution in [0.15, 0.2) is 18.2 Å². The first kappa shape index (κ1) is 15.5. The summed E-state index contributed by atoms with van der Waals surface area (Å²) < 4.78 is 20.6. The average molecular weight is 319 g/mol. The lowest BCUT2D eigenvalue weighted by Gasteiger charge is -2.17. The smallest absolute Gasteiger partial charge is 0.134 e. The van der Waals surface area contributed by atoms with Crippen molar-refractivity contribution in [2.24, 2.45) is 5.92 Å². The minimum Gasteiger partial charge on any atom is -0.492 e. The van der Waals surface area contributed by atoms with Crippen molar-refractivity contribution in [3.63, 3.8) is 0 Å². The molecular formula is C18H22FNOS. The first-order valence-electron chi connectivity index (χ1n) is 8.16. The number of benzene rings is 1. The molecule has 1 aliphatic carbocycles. The van der Waals surface area contributed by atoms with Gasteiger partial charge in [-0.05, 0) is 43.4 Å². The van der Waals surface area contributed by atoms with E-state index in [1.807, 2.05) is 0 Å². The highest BCUT2D eigenvalue weighted by Gasteiger charge is 2.18. The highest BCUT2D eigenvalue weighted by atomic mass is 32.1. The Labute approximate surface area is 135 Å². The van der Waals surface area contributed by atoms with Crippen LogP contribution in [0.25, 0.3) is 10.9 Å². The second-order valence-electron chi connectivity index (χ2n) is 6.16. The lowest BCUT2D eigenvalue weighted by atomic mass is 10.1. The van der Waals surface area contributed by atoms with Gasteiger partial charge in [0, 0.05) is 10.9 Å². The molecule has 0 spiro atoms. The third kappa shape index (κ3) is 3.17. The molecule has 4 heteroatoms. The van der Waals surface area contributed by atoms with Crippen LogP contribution in [0.3, 0.4) is 0 Å². The van der Waals surface area contributed by atoms with E-state index in [-0.39, 0.29) is 5.82 Å². The highest BCUT2D eigenvalue weighted by Crippen LogP contribution is 2.33. The average Bonchev–Trinajstić information content (AvgIpc) is 3.01. The van der Waals surface area contributed by atoms with Crippen LogP contribution in [-0.4, -0.2) is 11.6 Å². The van der Waals surface area contributed by atoms with Crippen molar-refractivity contribution in [2.45, 2.75) is 45.4 Å². The van der Waals surface area contributed by atoms with Crippen LogP contribution in [0.5, 0.6) is 5.75 Å². The van der Waals surface area contributed by atoms with E-state index in [4.69, 9.17) is 17.0 Å². The van der Waals surface area contributed by atoms with Crippen LogP contribution < -0.4 is 4.74 Å². The van der Waals surface area contributed by atoms with Gasteiger partial charge in [-0.2, -0.15) is 0 Å². The minimum atomic E-state index is -0.244. The Balaban J connectivity index is 2.03. The maximum atomic E-state index is 13.7. The minimum absolute atomic E-state index is 0.244. The zero-order valence-corrected chi connectivity index (χ0v) is 13.8. The molecule has 1 aliphatic rings. The van der Waals surface area contributed by atoms with Crippen LogP contribution in [0.4, 0.5) is 4.39 Å². The summed E-state index contributed by atoms with van der Waals surface area (Å²) in [5, 5.41) is 0.801. The molecule has 1 aromatic heterocycles. The Morgan fingerprint density at radius 1 is 1.32 bits per heavy atom. The summed E-state index contributed by atoms with van der Waals surface area (Å²) in [6.45, 7) is 2.83. The molecule has 3 rings (SSSR count). The third-order valence-electron chi connectivity index (χ3n) is 4.46. The predicted molar refractivity (Wildman–Crippen MR) is 90.5 cm³/mol. The van der Waals surface area contributed by atoms with E-state index >= 15 is 0 Å². The van der Waals surface area contributed by atoms with E-state index in [0.717, 1.165) is 35.1 Å². The van der Waals surface area contributed by atoms with E-state index in [9.17, 15) is 4.39 Å². The number of hydrogen-bond acceptors (Lipinski definition) is 2. The van der Waals surface area contributed by atoms with Gasteiger partial charge in [0.2, 0.25) is 0 Å². The first-order valence-corrected chi connectivity index (χ1v) is 8.57. The number of H-pyrrole nitrogens is 1. The Morgan fingerprint density at radius 2 is 2.09 bits per heavy atom. The molecule has 0 bridgehead atoms. The Hall–Kier alpha value is -1.42. The van der Waals surface area contributed by atoms with Crippen LogP contribution >= 0.6 is 12.2 Å².